The fraction of sp³-hybridized carbons (Fsp3) is 0.583. The summed E-state index contributed by atoms with van der Waals surface area (Å²) in [6.45, 7) is 0.496. The highest BCUT2D eigenvalue weighted by Gasteiger charge is 2.15. The molecule has 82 valence electrons. The van der Waals surface area contributed by atoms with Gasteiger partial charge in [0.2, 0.25) is 0 Å². The average Bonchev–Trinajstić information content (AvgIpc) is 2.31. The maximum atomic E-state index is 5.96. The molecule has 0 atom stereocenters. The molecule has 0 spiro atoms. The van der Waals surface area contributed by atoms with Gasteiger partial charge in [0, 0.05) is 24.5 Å². The first kappa shape index (κ1) is 10.4. The third-order valence-corrected chi connectivity index (χ3v) is 2.92. The van der Waals surface area contributed by atoms with Gasteiger partial charge in [0.15, 0.2) is 0 Å². The topological polar surface area (TPSA) is 48.1 Å². The first-order valence-electron chi connectivity index (χ1n) is 5.70. The smallest absolute Gasteiger partial charge is 0.127 e. The van der Waals surface area contributed by atoms with Crippen molar-refractivity contribution in [2.24, 2.45) is 5.73 Å². The number of ether oxygens (including phenoxy) is 1. The standard InChI is InChI=1S/C12H18N2O/c13-8-10-9-14-7-6-12(10)15-11-4-2-1-3-5-11/h6-7,9,11H,1-5,8,13H2. The van der Waals surface area contributed by atoms with Crippen LogP contribution in [0.2, 0.25) is 0 Å². The second-order valence-corrected chi connectivity index (χ2v) is 4.07. The highest BCUT2D eigenvalue weighted by Crippen LogP contribution is 2.25. The molecule has 1 heterocycles. The van der Waals surface area contributed by atoms with E-state index in [9.17, 15) is 0 Å². The van der Waals surface area contributed by atoms with Crippen molar-refractivity contribution in [3.8, 4) is 5.75 Å². The molecule has 2 N–H and O–H groups in total. The van der Waals surface area contributed by atoms with Crippen molar-refractivity contribution >= 4 is 0 Å². The Labute approximate surface area is 90.7 Å². The van der Waals surface area contributed by atoms with Crippen molar-refractivity contribution in [2.45, 2.75) is 44.8 Å². The number of nitrogens with two attached hydrogens (primary N) is 1. The Morgan fingerprint density at radius 2 is 2.13 bits per heavy atom. The molecule has 0 amide bonds. The van der Waals surface area contributed by atoms with Crippen LogP contribution in [-0.2, 0) is 6.54 Å². The Kier molecular flexibility index (Phi) is 3.56. The van der Waals surface area contributed by atoms with E-state index in [1.165, 1.54) is 32.1 Å². The normalized spacial score (nSPS) is 17.7. The van der Waals surface area contributed by atoms with Crippen LogP contribution in [0.5, 0.6) is 5.75 Å². The van der Waals surface area contributed by atoms with E-state index in [-0.39, 0.29) is 0 Å². The Hall–Kier alpha value is -1.09. The second-order valence-electron chi connectivity index (χ2n) is 4.07. The Morgan fingerprint density at radius 1 is 1.33 bits per heavy atom. The SMILES string of the molecule is NCc1cnccc1OC1CCCCC1. The fourth-order valence-corrected chi connectivity index (χ4v) is 2.05. The molecule has 1 aromatic rings. The summed E-state index contributed by atoms with van der Waals surface area (Å²) in [4.78, 5) is 4.05. The largest absolute Gasteiger partial charge is 0.490 e. The summed E-state index contributed by atoms with van der Waals surface area (Å²) in [5.41, 5.74) is 6.64. The molecule has 3 nitrogen and oxygen atoms in total. The first-order valence-corrected chi connectivity index (χ1v) is 5.70. The zero-order chi connectivity index (χ0) is 10.5. The van der Waals surface area contributed by atoms with E-state index in [1.807, 2.05) is 6.07 Å². The third kappa shape index (κ3) is 2.69. The summed E-state index contributed by atoms with van der Waals surface area (Å²) in [6, 6.07) is 1.91. The van der Waals surface area contributed by atoms with Gasteiger partial charge in [0.05, 0.1) is 6.10 Å². The summed E-state index contributed by atoms with van der Waals surface area (Å²) in [5.74, 6) is 0.916. The number of pyridine rings is 1. The van der Waals surface area contributed by atoms with Gasteiger partial charge in [0.1, 0.15) is 5.75 Å². The molecule has 1 aliphatic rings. The minimum atomic E-state index is 0.381. The lowest BCUT2D eigenvalue weighted by Crippen LogP contribution is -2.20. The molecule has 15 heavy (non-hydrogen) atoms. The van der Waals surface area contributed by atoms with Crippen molar-refractivity contribution in [1.82, 2.24) is 4.98 Å². The monoisotopic (exact) mass is 206 g/mol. The Morgan fingerprint density at radius 3 is 2.87 bits per heavy atom. The summed E-state index contributed by atoms with van der Waals surface area (Å²) < 4.78 is 5.96. The van der Waals surface area contributed by atoms with Crippen LogP contribution in [0.3, 0.4) is 0 Å². The maximum Gasteiger partial charge on any atom is 0.127 e. The average molecular weight is 206 g/mol. The van der Waals surface area contributed by atoms with E-state index >= 15 is 0 Å². The predicted octanol–water partition coefficient (Wildman–Crippen LogP) is 2.25. The number of rotatable bonds is 3. The van der Waals surface area contributed by atoms with Gasteiger partial charge in [-0.15, -0.1) is 0 Å². The van der Waals surface area contributed by atoms with Crippen LogP contribution in [-0.4, -0.2) is 11.1 Å². The van der Waals surface area contributed by atoms with Crippen LogP contribution < -0.4 is 10.5 Å². The lowest BCUT2D eigenvalue weighted by molar-refractivity contribution is 0.153. The van der Waals surface area contributed by atoms with Crippen LogP contribution in [0.1, 0.15) is 37.7 Å². The lowest BCUT2D eigenvalue weighted by atomic mass is 9.98. The van der Waals surface area contributed by atoms with E-state index in [1.54, 1.807) is 12.4 Å². The van der Waals surface area contributed by atoms with Gasteiger partial charge in [-0.25, -0.2) is 0 Å². The van der Waals surface area contributed by atoms with Crippen molar-refractivity contribution in [2.75, 3.05) is 0 Å². The zero-order valence-electron chi connectivity index (χ0n) is 8.98. The Balaban J connectivity index is 2.02. The molecule has 0 aromatic carbocycles. The van der Waals surface area contributed by atoms with Gasteiger partial charge < -0.3 is 10.5 Å². The summed E-state index contributed by atoms with van der Waals surface area (Å²) >= 11 is 0. The van der Waals surface area contributed by atoms with Crippen molar-refractivity contribution in [3.05, 3.63) is 24.0 Å². The fourth-order valence-electron chi connectivity index (χ4n) is 2.05. The number of nitrogens with zero attached hydrogens (tertiary/aromatic N) is 1. The molecule has 0 unspecified atom stereocenters. The van der Waals surface area contributed by atoms with Crippen LogP contribution in [0.4, 0.5) is 0 Å². The highest BCUT2D eigenvalue weighted by atomic mass is 16.5. The third-order valence-electron chi connectivity index (χ3n) is 2.92. The molecule has 1 aliphatic carbocycles. The van der Waals surface area contributed by atoms with Crippen molar-refractivity contribution in [3.63, 3.8) is 0 Å². The highest BCUT2D eigenvalue weighted by molar-refractivity contribution is 5.30. The van der Waals surface area contributed by atoms with Gasteiger partial charge in [-0.1, -0.05) is 6.42 Å². The summed E-state index contributed by atoms with van der Waals surface area (Å²) in [6.07, 6.45) is 10.2. The predicted molar refractivity (Wildman–Crippen MR) is 59.6 cm³/mol. The minimum absolute atomic E-state index is 0.381. The van der Waals surface area contributed by atoms with Crippen LogP contribution in [0.25, 0.3) is 0 Å². The summed E-state index contributed by atoms with van der Waals surface area (Å²) in [5, 5.41) is 0. The van der Waals surface area contributed by atoms with E-state index in [0.29, 0.717) is 12.6 Å². The summed E-state index contributed by atoms with van der Waals surface area (Å²) in [7, 11) is 0. The van der Waals surface area contributed by atoms with Crippen LogP contribution in [0.15, 0.2) is 18.5 Å². The minimum Gasteiger partial charge on any atom is -0.490 e. The van der Waals surface area contributed by atoms with Gasteiger partial charge in [0.25, 0.3) is 0 Å². The van der Waals surface area contributed by atoms with E-state index in [4.69, 9.17) is 10.5 Å². The Bertz CT molecular complexity index is 308. The molecule has 0 radical (unpaired) electrons. The van der Waals surface area contributed by atoms with Gasteiger partial charge in [-0.05, 0) is 31.7 Å². The van der Waals surface area contributed by atoms with Crippen molar-refractivity contribution in [1.29, 1.82) is 0 Å². The number of aromatic nitrogens is 1. The molecule has 3 heteroatoms. The first-order chi connectivity index (χ1) is 7.40. The van der Waals surface area contributed by atoms with Gasteiger partial charge in [-0.2, -0.15) is 0 Å². The van der Waals surface area contributed by atoms with Crippen molar-refractivity contribution < 1.29 is 4.74 Å². The molecule has 0 saturated heterocycles. The van der Waals surface area contributed by atoms with Crippen LogP contribution in [0, 0.1) is 0 Å². The lowest BCUT2D eigenvalue weighted by Gasteiger charge is -2.23. The zero-order valence-corrected chi connectivity index (χ0v) is 8.98. The van der Waals surface area contributed by atoms with Gasteiger partial charge >= 0.3 is 0 Å². The molecule has 1 aromatic heterocycles. The van der Waals surface area contributed by atoms with Gasteiger partial charge in [-0.3, -0.25) is 4.98 Å². The molecule has 0 bridgehead atoms. The van der Waals surface area contributed by atoms with E-state index in [0.717, 1.165) is 11.3 Å². The number of hydrogen-bond acceptors (Lipinski definition) is 3. The molecule has 0 aliphatic heterocycles. The number of hydrogen-bond donors (Lipinski definition) is 1. The van der Waals surface area contributed by atoms with E-state index < -0.39 is 0 Å². The second kappa shape index (κ2) is 5.12. The maximum absolute atomic E-state index is 5.96. The van der Waals surface area contributed by atoms with Crippen LogP contribution >= 0.6 is 0 Å². The molecular weight excluding hydrogens is 188 g/mol. The molecule has 1 saturated carbocycles. The van der Waals surface area contributed by atoms with E-state index in [2.05, 4.69) is 4.98 Å². The molecule has 1 fully saturated rings. The molecular formula is C12H18N2O. The molecule has 2 rings (SSSR count). The quantitative estimate of drug-likeness (QED) is 0.825.